The Labute approximate surface area is 87.7 Å². The molecule has 1 aliphatic rings. The summed E-state index contributed by atoms with van der Waals surface area (Å²) in [5.41, 5.74) is 0.997. The van der Waals surface area contributed by atoms with Gasteiger partial charge in [-0.2, -0.15) is 5.26 Å². The third-order valence-electron chi connectivity index (χ3n) is 2.32. The Hall–Kier alpha value is -2.02. The van der Waals surface area contributed by atoms with Crippen LogP contribution < -0.4 is 0 Å². The fourth-order valence-corrected chi connectivity index (χ4v) is 1.51. The molecule has 15 heavy (non-hydrogen) atoms. The smallest absolute Gasteiger partial charge is 0.411 e. The van der Waals surface area contributed by atoms with Crippen molar-refractivity contribution in [2.24, 2.45) is 0 Å². The van der Waals surface area contributed by atoms with Gasteiger partial charge in [-0.3, -0.25) is 4.90 Å². The maximum Gasteiger partial charge on any atom is 0.411 e. The van der Waals surface area contributed by atoms with Crippen LogP contribution in [-0.4, -0.2) is 23.6 Å². The lowest BCUT2D eigenvalue weighted by molar-refractivity contribution is 0.156. The Morgan fingerprint density at radius 1 is 1.47 bits per heavy atom. The minimum absolute atomic E-state index is 0.169. The van der Waals surface area contributed by atoms with E-state index >= 15 is 0 Å². The number of nitrogens with zero attached hydrogens (tertiary/aromatic N) is 2. The van der Waals surface area contributed by atoms with E-state index in [9.17, 15) is 4.79 Å². The summed E-state index contributed by atoms with van der Waals surface area (Å²) in [4.78, 5) is 12.7. The van der Waals surface area contributed by atoms with E-state index < -0.39 is 12.1 Å². The summed E-state index contributed by atoms with van der Waals surface area (Å²) >= 11 is 0. The number of hydrogen-bond donors (Lipinski definition) is 0. The van der Waals surface area contributed by atoms with Crippen molar-refractivity contribution in [1.29, 1.82) is 5.26 Å². The van der Waals surface area contributed by atoms with Gasteiger partial charge in [0.15, 0.2) is 6.04 Å². The van der Waals surface area contributed by atoms with E-state index in [1.165, 1.54) is 4.90 Å². The Kier molecular flexibility index (Phi) is 2.55. The number of benzene rings is 1. The standard InChI is InChI=1S/C11H10N2O2/c12-6-10-8-15-11(14)13(10)7-9-4-2-1-3-5-9/h1-5,10H,7-8H2. The number of carbonyl (C=O) groups is 1. The second-order valence-corrected chi connectivity index (χ2v) is 3.34. The van der Waals surface area contributed by atoms with Crippen LogP contribution in [0.1, 0.15) is 5.56 Å². The average Bonchev–Trinajstić information content (AvgIpc) is 2.62. The summed E-state index contributed by atoms with van der Waals surface area (Å²) in [6.45, 7) is 0.597. The van der Waals surface area contributed by atoms with Crippen molar-refractivity contribution in [3.8, 4) is 6.07 Å². The SMILES string of the molecule is N#CC1COC(=O)N1Cc1ccccc1. The van der Waals surface area contributed by atoms with Crippen LogP contribution in [0.5, 0.6) is 0 Å². The van der Waals surface area contributed by atoms with E-state index in [-0.39, 0.29) is 6.61 Å². The van der Waals surface area contributed by atoms with Gasteiger partial charge in [-0.05, 0) is 5.56 Å². The number of carbonyl (C=O) groups excluding carboxylic acids is 1. The van der Waals surface area contributed by atoms with Gasteiger partial charge >= 0.3 is 6.09 Å². The topological polar surface area (TPSA) is 53.3 Å². The number of ether oxygens (including phenoxy) is 1. The number of rotatable bonds is 2. The summed E-state index contributed by atoms with van der Waals surface area (Å²) in [6, 6.07) is 11.1. The number of cyclic esters (lactones) is 1. The van der Waals surface area contributed by atoms with Crippen LogP contribution in [0.3, 0.4) is 0 Å². The van der Waals surface area contributed by atoms with Gasteiger partial charge in [0.25, 0.3) is 0 Å². The van der Waals surface area contributed by atoms with E-state index in [1.54, 1.807) is 0 Å². The fourth-order valence-electron chi connectivity index (χ4n) is 1.51. The minimum Gasteiger partial charge on any atom is -0.446 e. The predicted molar refractivity (Wildman–Crippen MR) is 52.7 cm³/mol. The first kappa shape index (κ1) is 9.53. The van der Waals surface area contributed by atoms with Crippen molar-refractivity contribution in [2.75, 3.05) is 6.61 Å². The minimum atomic E-state index is -0.460. The van der Waals surface area contributed by atoms with Crippen LogP contribution in [0.15, 0.2) is 30.3 Å². The highest BCUT2D eigenvalue weighted by Crippen LogP contribution is 2.15. The lowest BCUT2D eigenvalue weighted by Gasteiger charge is -2.15. The van der Waals surface area contributed by atoms with Gasteiger partial charge in [0.2, 0.25) is 0 Å². The van der Waals surface area contributed by atoms with Crippen molar-refractivity contribution < 1.29 is 9.53 Å². The molecule has 1 unspecified atom stereocenters. The highest BCUT2D eigenvalue weighted by molar-refractivity contribution is 5.70. The second-order valence-electron chi connectivity index (χ2n) is 3.34. The molecule has 0 radical (unpaired) electrons. The molecule has 2 rings (SSSR count). The third-order valence-corrected chi connectivity index (χ3v) is 2.32. The van der Waals surface area contributed by atoms with Crippen molar-refractivity contribution >= 4 is 6.09 Å². The zero-order valence-corrected chi connectivity index (χ0v) is 8.09. The van der Waals surface area contributed by atoms with Crippen LogP contribution >= 0.6 is 0 Å². The molecule has 76 valence electrons. The molecule has 4 nitrogen and oxygen atoms in total. The van der Waals surface area contributed by atoms with Crippen molar-refractivity contribution in [1.82, 2.24) is 4.90 Å². The molecule has 1 aromatic carbocycles. The first-order chi connectivity index (χ1) is 7.31. The maximum atomic E-state index is 11.3. The van der Waals surface area contributed by atoms with Crippen LogP contribution in [0.4, 0.5) is 4.79 Å². The molecule has 1 aliphatic heterocycles. The van der Waals surface area contributed by atoms with Crippen LogP contribution in [0.2, 0.25) is 0 Å². The molecule has 1 fully saturated rings. The summed E-state index contributed by atoms with van der Waals surface area (Å²) < 4.78 is 4.81. The molecule has 0 N–H and O–H groups in total. The zero-order chi connectivity index (χ0) is 10.7. The van der Waals surface area contributed by atoms with Gasteiger partial charge in [-0.1, -0.05) is 30.3 Å². The Bertz CT molecular complexity index is 397. The summed E-state index contributed by atoms with van der Waals surface area (Å²) in [6.07, 6.45) is -0.412. The summed E-state index contributed by atoms with van der Waals surface area (Å²) in [7, 11) is 0. The van der Waals surface area contributed by atoms with E-state index in [0.29, 0.717) is 6.54 Å². The average molecular weight is 202 g/mol. The van der Waals surface area contributed by atoms with E-state index in [1.807, 2.05) is 36.4 Å². The van der Waals surface area contributed by atoms with Crippen molar-refractivity contribution in [2.45, 2.75) is 12.6 Å². The first-order valence-electron chi connectivity index (χ1n) is 4.68. The summed E-state index contributed by atoms with van der Waals surface area (Å²) in [5, 5.41) is 8.81. The monoisotopic (exact) mass is 202 g/mol. The van der Waals surface area contributed by atoms with E-state index in [4.69, 9.17) is 10.00 Å². The molecular formula is C11H10N2O2. The molecule has 0 spiro atoms. The third kappa shape index (κ3) is 1.91. The molecule has 0 saturated carbocycles. The Morgan fingerprint density at radius 3 is 2.87 bits per heavy atom. The lowest BCUT2D eigenvalue weighted by atomic mass is 10.2. The molecule has 1 aromatic rings. The molecular weight excluding hydrogens is 192 g/mol. The van der Waals surface area contributed by atoms with E-state index in [0.717, 1.165) is 5.56 Å². The van der Waals surface area contributed by atoms with Gasteiger partial charge in [-0.15, -0.1) is 0 Å². The van der Waals surface area contributed by atoms with Gasteiger partial charge in [0, 0.05) is 0 Å². The van der Waals surface area contributed by atoms with Crippen molar-refractivity contribution in [3.05, 3.63) is 35.9 Å². The van der Waals surface area contributed by atoms with Crippen LogP contribution in [0.25, 0.3) is 0 Å². The first-order valence-corrected chi connectivity index (χ1v) is 4.68. The normalized spacial score (nSPS) is 19.8. The zero-order valence-electron chi connectivity index (χ0n) is 8.09. The number of amides is 1. The molecule has 0 bridgehead atoms. The molecule has 1 saturated heterocycles. The maximum absolute atomic E-state index is 11.3. The van der Waals surface area contributed by atoms with Crippen LogP contribution in [0, 0.1) is 11.3 Å². The largest absolute Gasteiger partial charge is 0.446 e. The molecule has 4 heteroatoms. The predicted octanol–water partition coefficient (Wildman–Crippen LogP) is 1.53. The van der Waals surface area contributed by atoms with Gasteiger partial charge in [0.1, 0.15) is 6.61 Å². The highest BCUT2D eigenvalue weighted by Gasteiger charge is 2.32. The fraction of sp³-hybridized carbons (Fsp3) is 0.273. The Morgan fingerprint density at radius 2 is 2.20 bits per heavy atom. The van der Waals surface area contributed by atoms with Gasteiger partial charge < -0.3 is 4.74 Å². The quantitative estimate of drug-likeness (QED) is 0.730. The summed E-state index contributed by atoms with van der Waals surface area (Å²) in [5.74, 6) is 0. The lowest BCUT2D eigenvalue weighted by Crippen LogP contribution is -2.31. The number of nitriles is 1. The number of hydrogen-bond acceptors (Lipinski definition) is 3. The molecule has 1 heterocycles. The highest BCUT2D eigenvalue weighted by atomic mass is 16.6. The molecule has 0 aromatic heterocycles. The second kappa shape index (κ2) is 4.01. The Balaban J connectivity index is 2.11. The van der Waals surface area contributed by atoms with Gasteiger partial charge in [0.05, 0.1) is 12.6 Å². The van der Waals surface area contributed by atoms with Crippen LogP contribution in [-0.2, 0) is 11.3 Å². The molecule has 1 atom stereocenters. The molecule has 0 aliphatic carbocycles. The van der Waals surface area contributed by atoms with Crippen molar-refractivity contribution in [3.63, 3.8) is 0 Å². The molecule has 1 amide bonds. The van der Waals surface area contributed by atoms with E-state index in [2.05, 4.69) is 0 Å². The van der Waals surface area contributed by atoms with Gasteiger partial charge in [-0.25, -0.2) is 4.79 Å².